The number of aryl methyl sites for hydroxylation is 1. The van der Waals surface area contributed by atoms with Gasteiger partial charge in [0, 0.05) is 38.7 Å². The molecule has 1 aromatic heterocycles. The van der Waals surface area contributed by atoms with Gasteiger partial charge in [-0.15, -0.1) is 0 Å². The molecule has 1 fully saturated rings. The largest absolute Gasteiger partial charge is 0.493 e. The van der Waals surface area contributed by atoms with Gasteiger partial charge in [-0.2, -0.15) is 5.10 Å². The van der Waals surface area contributed by atoms with Gasteiger partial charge in [0.05, 0.1) is 11.5 Å². The Morgan fingerprint density at radius 1 is 1.25 bits per heavy atom. The smallest absolute Gasteiger partial charge is 0.266 e. The van der Waals surface area contributed by atoms with Crippen LogP contribution in [0.15, 0.2) is 40.0 Å². The number of nitrogens with one attached hydrogen (secondary N) is 1. The number of hydrogen-bond acceptors (Lipinski definition) is 6. The van der Waals surface area contributed by atoms with Crippen LogP contribution in [0, 0.1) is 0 Å². The summed E-state index contributed by atoms with van der Waals surface area (Å²) in [6, 6.07) is 8.18. The summed E-state index contributed by atoms with van der Waals surface area (Å²) in [7, 11) is -1.99. The van der Waals surface area contributed by atoms with E-state index in [0.717, 1.165) is 43.5 Å². The first-order valence-corrected chi connectivity index (χ1v) is 11.0. The summed E-state index contributed by atoms with van der Waals surface area (Å²) in [5.74, 6) is 1.46. The Labute approximate surface area is 164 Å². The van der Waals surface area contributed by atoms with Crippen LogP contribution in [0.2, 0.25) is 0 Å². The average Bonchev–Trinajstić information content (AvgIpc) is 3.17. The van der Waals surface area contributed by atoms with Crippen molar-refractivity contribution >= 4 is 15.8 Å². The van der Waals surface area contributed by atoms with Crippen LogP contribution >= 0.6 is 0 Å². The van der Waals surface area contributed by atoms with Crippen molar-refractivity contribution in [3.05, 3.63) is 46.2 Å². The molecule has 3 heterocycles. The molecule has 2 aromatic rings. The molecule has 0 saturated carbocycles. The van der Waals surface area contributed by atoms with Gasteiger partial charge in [-0.05, 0) is 49.1 Å². The average molecular weight is 404 g/mol. The molecule has 4 rings (SSSR count). The van der Waals surface area contributed by atoms with Gasteiger partial charge in [-0.25, -0.2) is 17.8 Å². The maximum absolute atomic E-state index is 12.8. The molecule has 0 spiro atoms. The van der Waals surface area contributed by atoms with E-state index in [9.17, 15) is 13.2 Å². The van der Waals surface area contributed by atoms with Gasteiger partial charge in [0.1, 0.15) is 11.6 Å². The Bertz CT molecular complexity index is 1030. The molecular weight excluding hydrogens is 380 g/mol. The number of sulfonamides is 1. The van der Waals surface area contributed by atoms with Crippen LogP contribution in [0.4, 0.5) is 5.82 Å². The number of nitrogens with zero attached hydrogens (tertiary/aromatic N) is 3. The Kier molecular flexibility index (Phi) is 5.11. The van der Waals surface area contributed by atoms with Crippen molar-refractivity contribution in [2.45, 2.75) is 36.6 Å². The fourth-order valence-electron chi connectivity index (χ4n) is 3.78. The van der Waals surface area contributed by atoms with E-state index in [4.69, 9.17) is 4.74 Å². The lowest BCUT2D eigenvalue weighted by atomic mass is 10.0. The van der Waals surface area contributed by atoms with Crippen LogP contribution in [0.3, 0.4) is 0 Å². The molecule has 28 heavy (non-hydrogen) atoms. The van der Waals surface area contributed by atoms with Crippen LogP contribution in [-0.2, 0) is 23.5 Å². The lowest BCUT2D eigenvalue weighted by Crippen LogP contribution is -2.47. The molecule has 8 nitrogen and oxygen atoms in total. The number of benzene rings is 1. The first-order valence-electron chi connectivity index (χ1n) is 9.50. The zero-order valence-electron chi connectivity index (χ0n) is 15.8. The van der Waals surface area contributed by atoms with E-state index in [2.05, 4.69) is 14.7 Å². The minimum Gasteiger partial charge on any atom is -0.493 e. The van der Waals surface area contributed by atoms with Crippen molar-refractivity contribution in [2.75, 3.05) is 24.6 Å². The molecule has 0 bridgehead atoms. The molecule has 0 radical (unpaired) electrons. The van der Waals surface area contributed by atoms with Crippen LogP contribution in [0.25, 0.3) is 0 Å². The first-order chi connectivity index (χ1) is 13.4. The third kappa shape index (κ3) is 3.77. The topological polar surface area (TPSA) is 93.5 Å². The van der Waals surface area contributed by atoms with Crippen molar-refractivity contribution in [2.24, 2.45) is 7.05 Å². The summed E-state index contributed by atoms with van der Waals surface area (Å²) in [5, 5.41) is 4.33. The first kappa shape index (κ1) is 18.9. The van der Waals surface area contributed by atoms with Gasteiger partial charge in [-0.3, -0.25) is 4.79 Å². The number of piperidine rings is 1. The lowest BCUT2D eigenvalue weighted by Gasteiger charge is -2.36. The third-order valence-corrected chi connectivity index (χ3v) is 6.77. The van der Waals surface area contributed by atoms with Gasteiger partial charge >= 0.3 is 0 Å². The van der Waals surface area contributed by atoms with Gasteiger partial charge in [0.2, 0.25) is 10.0 Å². The molecule has 9 heteroatoms. The van der Waals surface area contributed by atoms with E-state index in [-0.39, 0.29) is 16.5 Å². The van der Waals surface area contributed by atoms with E-state index in [1.807, 2.05) is 0 Å². The monoisotopic (exact) mass is 404 g/mol. The van der Waals surface area contributed by atoms with Gasteiger partial charge in [0.15, 0.2) is 0 Å². The minimum atomic E-state index is -3.61. The summed E-state index contributed by atoms with van der Waals surface area (Å²) in [5.41, 5.74) is 0.759. The number of ether oxygens (including phenoxy) is 1. The van der Waals surface area contributed by atoms with Crippen molar-refractivity contribution in [1.29, 1.82) is 0 Å². The third-order valence-electron chi connectivity index (χ3n) is 5.35. The van der Waals surface area contributed by atoms with Gasteiger partial charge in [0.25, 0.3) is 5.56 Å². The summed E-state index contributed by atoms with van der Waals surface area (Å²) in [4.78, 5) is 14.0. The normalized spacial score (nSPS) is 19.3. The molecule has 2 aliphatic rings. The summed E-state index contributed by atoms with van der Waals surface area (Å²) >= 11 is 0. The summed E-state index contributed by atoms with van der Waals surface area (Å²) in [6.07, 6.45) is 3.64. The number of rotatable bonds is 5. The highest BCUT2D eigenvalue weighted by Crippen LogP contribution is 2.28. The Morgan fingerprint density at radius 3 is 2.93 bits per heavy atom. The van der Waals surface area contributed by atoms with Crippen molar-refractivity contribution in [1.82, 2.24) is 14.5 Å². The second kappa shape index (κ2) is 7.56. The van der Waals surface area contributed by atoms with E-state index >= 15 is 0 Å². The van der Waals surface area contributed by atoms with Crippen molar-refractivity contribution < 1.29 is 13.2 Å². The number of fused-ring (bicyclic) bond motifs is 1. The highest BCUT2D eigenvalue weighted by Gasteiger charge is 2.26. The highest BCUT2D eigenvalue weighted by molar-refractivity contribution is 7.89. The SMILES string of the molecule is Cn1nc(N2CCCCC2CNS(=O)(=O)c2ccc3c(c2)CCO3)ccc1=O. The maximum Gasteiger partial charge on any atom is 0.266 e. The standard InChI is InChI=1S/C19H24N4O4S/c1-22-19(24)8-7-18(21-22)23-10-3-2-4-15(23)13-20-28(25,26)16-5-6-17-14(12-16)9-11-27-17/h5-8,12,15,20H,2-4,9-11,13H2,1H3. The number of hydrogen-bond donors (Lipinski definition) is 1. The molecule has 0 aliphatic carbocycles. The molecule has 0 amide bonds. The molecular formula is C19H24N4O4S. The van der Waals surface area contributed by atoms with Crippen LogP contribution in [0.1, 0.15) is 24.8 Å². The molecule has 1 saturated heterocycles. The van der Waals surface area contributed by atoms with Crippen LogP contribution in [-0.4, -0.2) is 43.9 Å². The maximum atomic E-state index is 12.8. The Balaban J connectivity index is 1.50. The van der Waals surface area contributed by atoms with E-state index in [1.54, 1.807) is 31.3 Å². The number of anilines is 1. The van der Waals surface area contributed by atoms with Crippen molar-refractivity contribution in [3.63, 3.8) is 0 Å². The van der Waals surface area contributed by atoms with Gasteiger partial charge in [-0.1, -0.05) is 0 Å². The fraction of sp³-hybridized carbons (Fsp3) is 0.474. The van der Waals surface area contributed by atoms with Crippen molar-refractivity contribution in [3.8, 4) is 5.75 Å². The predicted molar refractivity (Wildman–Crippen MR) is 105 cm³/mol. The fourth-order valence-corrected chi connectivity index (χ4v) is 4.90. The van der Waals surface area contributed by atoms with E-state index in [0.29, 0.717) is 19.0 Å². The zero-order chi connectivity index (χ0) is 19.7. The van der Waals surface area contributed by atoms with Gasteiger partial charge < -0.3 is 9.64 Å². The van der Waals surface area contributed by atoms with Crippen LogP contribution < -0.4 is 19.9 Å². The molecule has 1 aromatic carbocycles. The Hall–Kier alpha value is -2.39. The quantitative estimate of drug-likeness (QED) is 0.801. The molecule has 1 atom stereocenters. The van der Waals surface area contributed by atoms with E-state index < -0.39 is 10.0 Å². The molecule has 150 valence electrons. The Morgan fingerprint density at radius 2 is 2.11 bits per heavy atom. The lowest BCUT2D eigenvalue weighted by molar-refractivity contribution is 0.356. The molecule has 1 N–H and O–H groups in total. The molecule has 1 unspecified atom stereocenters. The summed E-state index contributed by atoms with van der Waals surface area (Å²) in [6.45, 7) is 1.67. The predicted octanol–water partition coefficient (Wildman–Crippen LogP) is 1.05. The minimum absolute atomic E-state index is 0.00807. The molecule has 2 aliphatic heterocycles. The second-order valence-electron chi connectivity index (χ2n) is 7.22. The van der Waals surface area contributed by atoms with Crippen LogP contribution in [0.5, 0.6) is 5.75 Å². The summed E-state index contributed by atoms with van der Waals surface area (Å²) < 4.78 is 35.1. The second-order valence-corrected chi connectivity index (χ2v) is 8.98. The number of aromatic nitrogens is 2. The van der Waals surface area contributed by atoms with E-state index in [1.165, 1.54) is 10.7 Å². The zero-order valence-corrected chi connectivity index (χ0v) is 16.6. The highest BCUT2D eigenvalue weighted by atomic mass is 32.2.